The van der Waals surface area contributed by atoms with Crippen LogP contribution >= 0.6 is 0 Å². The van der Waals surface area contributed by atoms with Gasteiger partial charge in [0.15, 0.2) is 6.20 Å². The van der Waals surface area contributed by atoms with Gasteiger partial charge in [-0.15, -0.1) is 0 Å². The van der Waals surface area contributed by atoms with E-state index in [1.807, 2.05) is 12.4 Å². The minimum absolute atomic E-state index is 0.477. The van der Waals surface area contributed by atoms with Crippen molar-refractivity contribution in [2.75, 3.05) is 0 Å². The van der Waals surface area contributed by atoms with E-state index in [0.717, 1.165) is 0 Å². The van der Waals surface area contributed by atoms with E-state index in [1.54, 1.807) is 0 Å². The summed E-state index contributed by atoms with van der Waals surface area (Å²) in [7, 11) is 2.12. The van der Waals surface area contributed by atoms with Gasteiger partial charge in [-0.25, -0.2) is 4.57 Å². The number of pyridine rings is 2. The molecule has 3 aromatic rings. The first-order valence-corrected chi connectivity index (χ1v) is 7.41. The molecule has 0 N–H and O–H groups in total. The van der Waals surface area contributed by atoms with Gasteiger partial charge in [0.05, 0.1) is 5.39 Å². The summed E-state index contributed by atoms with van der Waals surface area (Å²) >= 11 is 0. The van der Waals surface area contributed by atoms with Crippen LogP contribution in [0, 0.1) is 6.92 Å². The quantitative estimate of drug-likeness (QED) is 0.643. The van der Waals surface area contributed by atoms with Gasteiger partial charge in [-0.05, 0) is 30.0 Å². The molecule has 106 valence electrons. The van der Waals surface area contributed by atoms with Crippen LogP contribution in [0.5, 0.6) is 0 Å². The van der Waals surface area contributed by atoms with Crippen molar-refractivity contribution in [2.45, 2.75) is 26.7 Å². The van der Waals surface area contributed by atoms with Crippen molar-refractivity contribution in [1.29, 1.82) is 0 Å². The van der Waals surface area contributed by atoms with E-state index in [2.05, 4.69) is 73.9 Å². The lowest BCUT2D eigenvalue weighted by atomic mass is 9.98. The van der Waals surface area contributed by atoms with Crippen LogP contribution in [0.25, 0.3) is 22.0 Å². The van der Waals surface area contributed by atoms with Crippen LogP contribution in [0.2, 0.25) is 0 Å². The Bertz CT molecular complexity index is 804. The molecule has 0 spiro atoms. The summed E-state index contributed by atoms with van der Waals surface area (Å²) in [5, 5.41) is 2.50. The Kier molecular flexibility index (Phi) is 3.46. The predicted molar refractivity (Wildman–Crippen MR) is 87.2 cm³/mol. The molecule has 0 atom stereocenters. The highest BCUT2D eigenvalue weighted by atomic mass is 14.9. The summed E-state index contributed by atoms with van der Waals surface area (Å²) in [6.45, 7) is 6.58. The van der Waals surface area contributed by atoms with Crippen LogP contribution in [0.4, 0.5) is 0 Å². The van der Waals surface area contributed by atoms with Gasteiger partial charge in [0.2, 0.25) is 5.69 Å². The fourth-order valence-electron chi connectivity index (χ4n) is 2.87. The van der Waals surface area contributed by atoms with Crippen LogP contribution in [-0.4, -0.2) is 4.98 Å². The van der Waals surface area contributed by atoms with Gasteiger partial charge in [0, 0.05) is 29.4 Å². The molecule has 0 radical (unpaired) electrons. The van der Waals surface area contributed by atoms with E-state index in [9.17, 15) is 0 Å². The summed E-state index contributed by atoms with van der Waals surface area (Å²) in [6, 6.07) is 10.8. The minimum Gasteiger partial charge on any atom is -0.264 e. The van der Waals surface area contributed by atoms with E-state index in [1.165, 1.54) is 33.2 Å². The number of benzene rings is 1. The lowest BCUT2D eigenvalue weighted by Crippen LogP contribution is -2.30. The van der Waals surface area contributed by atoms with Crippen molar-refractivity contribution >= 4 is 10.8 Å². The topological polar surface area (TPSA) is 16.8 Å². The fourth-order valence-corrected chi connectivity index (χ4v) is 2.87. The zero-order chi connectivity index (χ0) is 15.0. The highest BCUT2D eigenvalue weighted by Crippen LogP contribution is 2.27. The van der Waals surface area contributed by atoms with Crippen molar-refractivity contribution in [3.8, 4) is 11.3 Å². The summed E-state index contributed by atoms with van der Waals surface area (Å²) in [6.07, 6.45) is 6.18. The third kappa shape index (κ3) is 2.42. The van der Waals surface area contributed by atoms with Gasteiger partial charge in [-0.2, -0.15) is 0 Å². The fraction of sp³-hybridized carbons (Fsp3) is 0.263. The zero-order valence-electron chi connectivity index (χ0n) is 13.1. The minimum atomic E-state index is 0.477. The van der Waals surface area contributed by atoms with Crippen LogP contribution in [0.3, 0.4) is 0 Å². The summed E-state index contributed by atoms with van der Waals surface area (Å²) < 4.78 is 2.22. The lowest BCUT2D eigenvalue weighted by Gasteiger charge is -2.10. The molecular formula is C19H21N2+. The molecule has 2 heteroatoms. The van der Waals surface area contributed by atoms with Gasteiger partial charge in [0.25, 0.3) is 0 Å². The van der Waals surface area contributed by atoms with Crippen LogP contribution in [-0.2, 0) is 7.05 Å². The molecule has 2 aromatic heterocycles. The normalized spacial score (nSPS) is 11.3. The van der Waals surface area contributed by atoms with Crippen LogP contribution in [0.1, 0.15) is 30.9 Å². The third-order valence-electron chi connectivity index (χ3n) is 4.09. The Hall–Kier alpha value is -2.22. The molecule has 0 saturated carbocycles. The molecule has 1 aromatic carbocycles. The van der Waals surface area contributed by atoms with E-state index < -0.39 is 0 Å². The van der Waals surface area contributed by atoms with Gasteiger partial charge in [0.1, 0.15) is 7.05 Å². The number of rotatable bonds is 2. The largest absolute Gasteiger partial charge is 0.264 e. The molecule has 0 bridgehead atoms. The molecule has 2 heterocycles. The highest BCUT2D eigenvalue weighted by Gasteiger charge is 2.16. The van der Waals surface area contributed by atoms with Gasteiger partial charge in [-0.1, -0.05) is 32.0 Å². The number of hydrogen-bond donors (Lipinski definition) is 0. The maximum absolute atomic E-state index is 4.41. The van der Waals surface area contributed by atoms with Gasteiger partial charge in [-0.3, -0.25) is 4.98 Å². The Balaban J connectivity index is 2.28. The monoisotopic (exact) mass is 277 g/mol. The van der Waals surface area contributed by atoms with Gasteiger partial charge >= 0.3 is 0 Å². The highest BCUT2D eigenvalue weighted by molar-refractivity contribution is 5.86. The standard InChI is InChI=1S/C19H21N2/c1-13(2)17-11-20-10-15-9-19(21(4)12-18(15)17)16-8-6-5-7-14(16)3/h5-13H,1-4H3/q+1. The van der Waals surface area contributed by atoms with Gasteiger partial charge < -0.3 is 0 Å². The lowest BCUT2D eigenvalue weighted by molar-refractivity contribution is -0.659. The molecule has 2 nitrogen and oxygen atoms in total. The second-order valence-electron chi connectivity index (χ2n) is 5.97. The van der Waals surface area contributed by atoms with Crippen LogP contribution in [0.15, 0.2) is 48.9 Å². The van der Waals surface area contributed by atoms with Crippen molar-refractivity contribution in [1.82, 2.24) is 4.98 Å². The molecule has 0 unspecified atom stereocenters. The first-order chi connectivity index (χ1) is 10.1. The first kappa shape index (κ1) is 13.7. The average molecular weight is 277 g/mol. The molecular weight excluding hydrogens is 256 g/mol. The molecule has 3 rings (SSSR count). The van der Waals surface area contributed by atoms with Crippen LogP contribution < -0.4 is 4.57 Å². The van der Waals surface area contributed by atoms with Crippen molar-refractivity contribution in [3.05, 3.63) is 60.0 Å². The second-order valence-corrected chi connectivity index (χ2v) is 5.97. The predicted octanol–water partition coefficient (Wildman–Crippen LogP) is 4.16. The van der Waals surface area contributed by atoms with Crippen molar-refractivity contribution < 1.29 is 4.57 Å². The molecule has 0 amide bonds. The smallest absolute Gasteiger partial charge is 0.213 e. The maximum atomic E-state index is 4.41. The SMILES string of the molecule is Cc1ccccc1-c1cc2cncc(C(C)C)c2c[n+]1C. The number of fused-ring (bicyclic) bond motifs is 1. The number of hydrogen-bond acceptors (Lipinski definition) is 1. The Morgan fingerprint density at radius 1 is 1.10 bits per heavy atom. The molecule has 21 heavy (non-hydrogen) atoms. The van der Waals surface area contributed by atoms with Crippen molar-refractivity contribution in [3.63, 3.8) is 0 Å². The Morgan fingerprint density at radius 2 is 1.86 bits per heavy atom. The summed E-state index contributed by atoms with van der Waals surface area (Å²) in [5.74, 6) is 0.477. The van der Waals surface area contributed by atoms with E-state index >= 15 is 0 Å². The molecule has 0 fully saturated rings. The van der Waals surface area contributed by atoms with Crippen molar-refractivity contribution in [2.24, 2.45) is 7.05 Å². The van der Waals surface area contributed by atoms with E-state index in [0.29, 0.717) is 5.92 Å². The molecule has 0 aliphatic carbocycles. The Labute approximate surface area is 126 Å². The maximum Gasteiger partial charge on any atom is 0.213 e. The summed E-state index contributed by atoms with van der Waals surface area (Å²) in [4.78, 5) is 4.41. The van der Waals surface area contributed by atoms with E-state index in [-0.39, 0.29) is 0 Å². The molecule has 0 aliphatic heterocycles. The number of nitrogens with zero attached hydrogens (tertiary/aromatic N) is 2. The average Bonchev–Trinajstić information content (AvgIpc) is 2.46. The number of aryl methyl sites for hydroxylation is 2. The first-order valence-electron chi connectivity index (χ1n) is 7.41. The number of aromatic nitrogens is 2. The van der Waals surface area contributed by atoms with E-state index in [4.69, 9.17) is 0 Å². The second kappa shape index (κ2) is 5.28. The molecule has 0 aliphatic rings. The summed E-state index contributed by atoms with van der Waals surface area (Å²) in [5.41, 5.74) is 5.10. The third-order valence-corrected chi connectivity index (χ3v) is 4.09. The zero-order valence-corrected chi connectivity index (χ0v) is 13.1. The Morgan fingerprint density at radius 3 is 2.57 bits per heavy atom. The molecule has 0 saturated heterocycles.